The second kappa shape index (κ2) is 41.1. The van der Waals surface area contributed by atoms with Gasteiger partial charge in [-0.15, -0.1) is 0 Å². The second-order valence-electron chi connectivity index (χ2n) is 17.8. The van der Waals surface area contributed by atoms with Gasteiger partial charge in [-0.05, 0) is 25.7 Å². The van der Waals surface area contributed by atoms with E-state index in [1.165, 1.54) is 167 Å². The van der Waals surface area contributed by atoms with Gasteiger partial charge in [0.25, 0.3) is 7.82 Å². The zero-order valence-corrected chi connectivity index (χ0v) is 39.7. The topological polar surface area (TPSA) is 111 Å². The fraction of sp³-hybridized carbons (Fsp3) is 0.917. The van der Waals surface area contributed by atoms with Gasteiger partial charge in [0.2, 0.25) is 0 Å². The molecule has 0 aliphatic carbocycles. The molecule has 0 fully saturated rings. The minimum Gasteiger partial charge on any atom is -0.756 e. The fourth-order valence-corrected chi connectivity index (χ4v) is 7.70. The zero-order chi connectivity index (χ0) is 42.8. The Labute approximate surface area is 358 Å². The summed E-state index contributed by atoms with van der Waals surface area (Å²) in [5, 5.41) is 0. The van der Waals surface area contributed by atoms with E-state index in [2.05, 4.69) is 19.9 Å². The summed E-state index contributed by atoms with van der Waals surface area (Å²) in [4.78, 5) is 37.6. The number of nitrogens with zero attached hydrogens (tertiary/aromatic N) is 1. The van der Waals surface area contributed by atoms with Crippen LogP contribution in [0.4, 0.5) is 0 Å². The molecular formula is C48H94NO8P. The van der Waals surface area contributed by atoms with E-state index in [1.807, 2.05) is 27.2 Å². The Morgan fingerprint density at radius 1 is 0.517 bits per heavy atom. The lowest BCUT2D eigenvalue weighted by molar-refractivity contribution is -0.870. The molecule has 0 amide bonds. The minimum absolute atomic E-state index is 0.0319. The third kappa shape index (κ3) is 44.3. The monoisotopic (exact) mass is 844 g/mol. The molecule has 2 atom stereocenters. The molecule has 0 radical (unpaired) electrons. The average Bonchev–Trinajstić information content (AvgIpc) is 3.17. The number of phosphoric ester groups is 1. The highest BCUT2D eigenvalue weighted by Gasteiger charge is 2.21. The number of hydrogen-bond acceptors (Lipinski definition) is 8. The van der Waals surface area contributed by atoms with Gasteiger partial charge in [0.1, 0.15) is 19.8 Å². The number of quaternary nitrogens is 1. The molecule has 0 aromatic carbocycles. The van der Waals surface area contributed by atoms with Crippen LogP contribution in [0.15, 0.2) is 12.2 Å². The largest absolute Gasteiger partial charge is 0.756 e. The molecule has 1 unspecified atom stereocenters. The average molecular weight is 844 g/mol. The van der Waals surface area contributed by atoms with Gasteiger partial charge in [-0.25, -0.2) is 0 Å². The van der Waals surface area contributed by atoms with Gasteiger partial charge < -0.3 is 27.9 Å². The molecule has 0 bridgehead atoms. The minimum atomic E-state index is -4.63. The van der Waals surface area contributed by atoms with Gasteiger partial charge in [-0.2, -0.15) is 0 Å². The number of ether oxygens (including phenoxy) is 2. The quantitative estimate of drug-likeness (QED) is 0.0196. The maximum Gasteiger partial charge on any atom is 0.306 e. The number of carbonyl (C=O) groups excluding carboxylic acids is 2. The molecule has 0 N–H and O–H groups in total. The van der Waals surface area contributed by atoms with E-state index in [1.54, 1.807) is 0 Å². The fourth-order valence-electron chi connectivity index (χ4n) is 6.97. The molecule has 10 heteroatoms. The smallest absolute Gasteiger partial charge is 0.306 e. The van der Waals surface area contributed by atoms with Gasteiger partial charge in [0.15, 0.2) is 6.10 Å². The summed E-state index contributed by atoms with van der Waals surface area (Å²) >= 11 is 0. The van der Waals surface area contributed by atoms with E-state index >= 15 is 0 Å². The number of allylic oxidation sites excluding steroid dienone is 2. The van der Waals surface area contributed by atoms with Crippen LogP contribution in [-0.2, 0) is 32.7 Å². The lowest BCUT2D eigenvalue weighted by Gasteiger charge is -2.28. The van der Waals surface area contributed by atoms with Crippen molar-refractivity contribution in [2.24, 2.45) is 0 Å². The van der Waals surface area contributed by atoms with Crippen molar-refractivity contribution in [2.75, 3.05) is 47.5 Å². The van der Waals surface area contributed by atoms with Gasteiger partial charge in [0, 0.05) is 12.8 Å². The van der Waals surface area contributed by atoms with Crippen LogP contribution in [0.25, 0.3) is 0 Å². The van der Waals surface area contributed by atoms with E-state index in [9.17, 15) is 19.0 Å². The molecule has 0 aliphatic heterocycles. The van der Waals surface area contributed by atoms with Crippen LogP contribution in [0.2, 0.25) is 0 Å². The van der Waals surface area contributed by atoms with Gasteiger partial charge in [-0.3, -0.25) is 14.2 Å². The summed E-state index contributed by atoms with van der Waals surface area (Å²) in [5.41, 5.74) is 0. The van der Waals surface area contributed by atoms with Crippen molar-refractivity contribution in [1.29, 1.82) is 0 Å². The Morgan fingerprint density at radius 2 is 0.914 bits per heavy atom. The highest BCUT2D eigenvalue weighted by atomic mass is 31.2. The predicted octanol–water partition coefficient (Wildman–Crippen LogP) is 13.5. The van der Waals surface area contributed by atoms with Crippen molar-refractivity contribution in [3.05, 3.63) is 12.2 Å². The molecule has 0 aromatic heterocycles. The van der Waals surface area contributed by atoms with Crippen molar-refractivity contribution < 1.29 is 42.1 Å². The Balaban J connectivity index is 4.28. The van der Waals surface area contributed by atoms with E-state index < -0.39 is 32.5 Å². The van der Waals surface area contributed by atoms with Crippen molar-refractivity contribution in [2.45, 2.75) is 238 Å². The van der Waals surface area contributed by atoms with Crippen LogP contribution in [0.5, 0.6) is 0 Å². The first kappa shape index (κ1) is 56.8. The maximum atomic E-state index is 12.7. The Morgan fingerprint density at radius 3 is 1.34 bits per heavy atom. The van der Waals surface area contributed by atoms with Crippen molar-refractivity contribution in [1.82, 2.24) is 0 Å². The summed E-state index contributed by atoms with van der Waals surface area (Å²) < 4.78 is 33.9. The van der Waals surface area contributed by atoms with Gasteiger partial charge in [0.05, 0.1) is 27.7 Å². The number of esters is 2. The molecule has 9 nitrogen and oxygen atoms in total. The second-order valence-corrected chi connectivity index (χ2v) is 19.2. The van der Waals surface area contributed by atoms with Gasteiger partial charge >= 0.3 is 11.9 Å². The molecular weight excluding hydrogens is 750 g/mol. The third-order valence-corrected chi connectivity index (χ3v) is 11.8. The Kier molecular flexibility index (Phi) is 40.2. The predicted molar refractivity (Wildman–Crippen MR) is 241 cm³/mol. The highest BCUT2D eigenvalue weighted by molar-refractivity contribution is 7.45. The zero-order valence-electron chi connectivity index (χ0n) is 38.8. The number of unbranched alkanes of at least 4 members (excludes halogenated alkanes) is 29. The van der Waals surface area contributed by atoms with E-state index in [4.69, 9.17) is 18.5 Å². The summed E-state index contributed by atoms with van der Waals surface area (Å²) in [6.45, 7) is 4.23. The number of likely N-dealkylation sites (N-methyl/N-ethyl adjacent to an activating group) is 1. The van der Waals surface area contributed by atoms with Crippen molar-refractivity contribution in [3.63, 3.8) is 0 Å². The molecule has 0 heterocycles. The Hall–Kier alpha value is -1.25. The lowest BCUT2D eigenvalue weighted by Crippen LogP contribution is -2.37. The van der Waals surface area contributed by atoms with E-state index in [0.717, 1.165) is 25.7 Å². The molecule has 344 valence electrons. The van der Waals surface area contributed by atoms with E-state index in [-0.39, 0.29) is 26.1 Å². The molecule has 0 aromatic rings. The third-order valence-electron chi connectivity index (χ3n) is 10.8. The van der Waals surface area contributed by atoms with Crippen LogP contribution >= 0.6 is 7.82 Å². The number of phosphoric acid groups is 1. The Bertz CT molecular complexity index is 1000. The molecule has 0 saturated heterocycles. The van der Waals surface area contributed by atoms with Crippen molar-refractivity contribution >= 4 is 19.8 Å². The summed E-state index contributed by atoms with van der Waals surface area (Å²) in [6, 6.07) is 0. The number of rotatable bonds is 45. The van der Waals surface area contributed by atoms with Crippen LogP contribution in [0, 0.1) is 0 Å². The summed E-state index contributed by atoms with van der Waals surface area (Å²) in [7, 11) is 1.16. The molecule has 0 saturated carbocycles. The molecule has 58 heavy (non-hydrogen) atoms. The maximum absolute atomic E-state index is 12.7. The highest BCUT2D eigenvalue weighted by Crippen LogP contribution is 2.38. The van der Waals surface area contributed by atoms with E-state index in [0.29, 0.717) is 23.9 Å². The first-order chi connectivity index (χ1) is 28.0. The van der Waals surface area contributed by atoms with Crippen LogP contribution < -0.4 is 4.89 Å². The summed E-state index contributed by atoms with van der Waals surface area (Å²) in [6.07, 6.45) is 43.9. The van der Waals surface area contributed by atoms with Crippen LogP contribution in [0.3, 0.4) is 0 Å². The van der Waals surface area contributed by atoms with Crippen molar-refractivity contribution in [3.8, 4) is 0 Å². The molecule has 0 aliphatic rings. The lowest BCUT2D eigenvalue weighted by atomic mass is 10.0. The normalized spacial score (nSPS) is 13.6. The molecule has 0 rings (SSSR count). The first-order valence-corrected chi connectivity index (χ1v) is 25.9. The standard InChI is InChI=1S/C48H94NO8P/c1-6-8-10-12-14-16-18-20-22-23-24-25-27-29-31-33-35-37-39-41-48(51)57-46(45-56-58(52,53)55-43-42-49(3,4)5)44-54-47(50)40-38-36-34-32-30-28-26-21-19-17-15-13-11-9-7-2/h34,36,46H,6-33,35,37-45H2,1-5H3/b36-34+/t46-/m1/s1. The van der Waals surface area contributed by atoms with Crippen LogP contribution in [-0.4, -0.2) is 70.0 Å². The SMILES string of the molecule is CCCCCCCCCCCCC/C=C/CCC(=O)OC[C@H](COP(=O)([O-])OCC[N+](C)(C)C)OC(=O)CCCCCCCCCCCCCCCCCCCCC. The first-order valence-electron chi connectivity index (χ1n) is 24.4. The molecule has 0 spiro atoms. The summed E-state index contributed by atoms with van der Waals surface area (Å²) in [5.74, 6) is -0.877. The number of hydrogen-bond donors (Lipinski definition) is 0. The van der Waals surface area contributed by atoms with Gasteiger partial charge in [-0.1, -0.05) is 206 Å². The van der Waals surface area contributed by atoms with Crippen LogP contribution in [0.1, 0.15) is 232 Å². The number of carbonyl (C=O) groups is 2.